The lowest BCUT2D eigenvalue weighted by molar-refractivity contribution is -0.123. The lowest BCUT2D eigenvalue weighted by Crippen LogP contribution is -2.24. The Hall–Kier alpha value is -2.82. The molecule has 0 saturated heterocycles. The predicted octanol–water partition coefficient (Wildman–Crippen LogP) is 3.57. The summed E-state index contributed by atoms with van der Waals surface area (Å²) in [4.78, 5) is 11.8. The van der Waals surface area contributed by atoms with Crippen LogP contribution in [0.1, 0.15) is 31.4 Å². The molecule has 1 N–H and O–H groups in total. The van der Waals surface area contributed by atoms with Gasteiger partial charge in [0.15, 0.2) is 6.61 Å². The molecular formula is C20H24N2O3. The van der Waals surface area contributed by atoms with E-state index in [1.807, 2.05) is 48.5 Å². The van der Waals surface area contributed by atoms with Crippen LogP contribution >= 0.6 is 0 Å². The van der Waals surface area contributed by atoms with Gasteiger partial charge in [0.1, 0.15) is 11.5 Å². The van der Waals surface area contributed by atoms with Gasteiger partial charge in [-0.05, 0) is 60.4 Å². The van der Waals surface area contributed by atoms with Crippen molar-refractivity contribution in [2.45, 2.75) is 26.7 Å². The molecule has 0 aliphatic heterocycles. The van der Waals surface area contributed by atoms with Crippen LogP contribution in [0.15, 0.2) is 53.6 Å². The molecule has 5 heteroatoms. The summed E-state index contributed by atoms with van der Waals surface area (Å²) in [7, 11) is 0. The zero-order chi connectivity index (χ0) is 17.9. The molecule has 0 fully saturated rings. The molecule has 0 heterocycles. The number of nitrogens with zero attached hydrogens (tertiary/aromatic N) is 1. The highest BCUT2D eigenvalue weighted by atomic mass is 16.5. The topological polar surface area (TPSA) is 59.9 Å². The first-order valence-corrected chi connectivity index (χ1v) is 8.47. The molecule has 0 bridgehead atoms. The number of rotatable bonds is 9. The van der Waals surface area contributed by atoms with Crippen molar-refractivity contribution >= 4 is 12.1 Å². The van der Waals surface area contributed by atoms with Gasteiger partial charge in [0, 0.05) is 0 Å². The monoisotopic (exact) mass is 340 g/mol. The van der Waals surface area contributed by atoms with Crippen LogP contribution in [0, 0.1) is 0 Å². The van der Waals surface area contributed by atoms with Gasteiger partial charge >= 0.3 is 0 Å². The number of hydrogen-bond donors (Lipinski definition) is 1. The van der Waals surface area contributed by atoms with Crippen LogP contribution in [0.25, 0.3) is 0 Å². The highest BCUT2D eigenvalue weighted by Crippen LogP contribution is 2.13. The lowest BCUT2D eigenvalue weighted by Gasteiger charge is -2.06. The average Bonchev–Trinajstić information content (AvgIpc) is 2.66. The number of carbonyl (C=O) groups is 1. The fraction of sp³-hybridized carbons (Fsp3) is 0.300. The Morgan fingerprint density at radius 2 is 1.88 bits per heavy atom. The second kappa shape index (κ2) is 10.1. The molecule has 2 aromatic carbocycles. The van der Waals surface area contributed by atoms with Crippen molar-refractivity contribution in [3.05, 3.63) is 59.7 Å². The third-order valence-corrected chi connectivity index (χ3v) is 3.43. The van der Waals surface area contributed by atoms with E-state index >= 15 is 0 Å². The van der Waals surface area contributed by atoms with Gasteiger partial charge in [-0.3, -0.25) is 4.79 Å². The Labute approximate surface area is 148 Å². The van der Waals surface area contributed by atoms with Gasteiger partial charge in [0.25, 0.3) is 5.91 Å². The van der Waals surface area contributed by atoms with E-state index in [0.29, 0.717) is 12.4 Å². The van der Waals surface area contributed by atoms with E-state index in [-0.39, 0.29) is 12.5 Å². The van der Waals surface area contributed by atoms with E-state index in [2.05, 4.69) is 24.4 Å². The summed E-state index contributed by atoms with van der Waals surface area (Å²) >= 11 is 0. The maximum atomic E-state index is 11.8. The molecule has 0 atom stereocenters. The van der Waals surface area contributed by atoms with Gasteiger partial charge in [-0.2, -0.15) is 5.10 Å². The summed E-state index contributed by atoms with van der Waals surface area (Å²) in [6.45, 7) is 4.76. The largest absolute Gasteiger partial charge is 0.494 e. The number of nitrogens with one attached hydrogen (secondary N) is 1. The van der Waals surface area contributed by atoms with Crippen LogP contribution < -0.4 is 14.9 Å². The third-order valence-electron chi connectivity index (χ3n) is 3.43. The first kappa shape index (κ1) is 18.5. The van der Waals surface area contributed by atoms with Crippen LogP contribution in [0.5, 0.6) is 11.5 Å². The third kappa shape index (κ3) is 6.67. The molecule has 0 unspecified atom stereocenters. The summed E-state index contributed by atoms with van der Waals surface area (Å²) < 4.78 is 11.0. The maximum absolute atomic E-state index is 11.8. The Morgan fingerprint density at radius 3 is 2.60 bits per heavy atom. The molecule has 132 valence electrons. The number of benzene rings is 2. The summed E-state index contributed by atoms with van der Waals surface area (Å²) in [6, 6.07) is 15.2. The van der Waals surface area contributed by atoms with Crippen molar-refractivity contribution in [1.29, 1.82) is 0 Å². The van der Waals surface area contributed by atoms with E-state index in [1.54, 1.807) is 6.21 Å². The maximum Gasteiger partial charge on any atom is 0.277 e. The number of hydrogen-bond acceptors (Lipinski definition) is 4. The second-order valence-electron chi connectivity index (χ2n) is 5.50. The summed E-state index contributed by atoms with van der Waals surface area (Å²) in [5.41, 5.74) is 4.50. The SMILES string of the molecule is CCCOc1ccc(/C=N\NC(=O)COc2cccc(CC)c2)cc1. The Balaban J connectivity index is 1.76. The van der Waals surface area contributed by atoms with E-state index in [1.165, 1.54) is 5.56 Å². The van der Waals surface area contributed by atoms with Crippen LogP contribution in [0.4, 0.5) is 0 Å². The van der Waals surface area contributed by atoms with Crippen molar-refractivity contribution in [3.8, 4) is 11.5 Å². The molecule has 0 aliphatic rings. The number of aryl methyl sites for hydroxylation is 1. The summed E-state index contributed by atoms with van der Waals surface area (Å²) in [5.74, 6) is 1.20. The highest BCUT2D eigenvalue weighted by molar-refractivity contribution is 5.83. The van der Waals surface area contributed by atoms with E-state index in [4.69, 9.17) is 9.47 Å². The van der Waals surface area contributed by atoms with Crippen molar-refractivity contribution in [3.63, 3.8) is 0 Å². The van der Waals surface area contributed by atoms with Crippen LogP contribution in [-0.2, 0) is 11.2 Å². The first-order valence-electron chi connectivity index (χ1n) is 8.47. The molecule has 2 aromatic rings. The van der Waals surface area contributed by atoms with Gasteiger partial charge in [-0.1, -0.05) is 26.0 Å². The fourth-order valence-corrected chi connectivity index (χ4v) is 2.09. The van der Waals surface area contributed by atoms with Gasteiger partial charge in [0.05, 0.1) is 12.8 Å². The minimum absolute atomic E-state index is 0.0751. The summed E-state index contributed by atoms with van der Waals surface area (Å²) in [5, 5.41) is 3.93. The molecule has 2 rings (SSSR count). The average molecular weight is 340 g/mol. The highest BCUT2D eigenvalue weighted by Gasteiger charge is 2.02. The minimum atomic E-state index is -0.305. The number of hydrazone groups is 1. The molecule has 25 heavy (non-hydrogen) atoms. The van der Waals surface area contributed by atoms with Crippen LogP contribution in [-0.4, -0.2) is 25.3 Å². The number of amides is 1. The molecule has 0 radical (unpaired) electrons. The predicted molar refractivity (Wildman–Crippen MR) is 99.3 cm³/mol. The molecule has 5 nitrogen and oxygen atoms in total. The standard InChI is InChI=1S/C20H24N2O3/c1-3-12-24-18-10-8-17(9-11-18)14-21-22-20(23)15-25-19-7-5-6-16(4-2)13-19/h5-11,13-14H,3-4,12,15H2,1-2H3,(H,22,23)/b21-14-. The van der Waals surface area contributed by atoms with Gasteiger partial charge in [-0.25, -0.2) is 5.43 Å². The minimum Gasteiger partial charge on any atom is -0.494 e. The zero-order valence-electron chi connectivity index (χ0n) is 14.7. The number of carbonyl (C=O) groups excluding carboxylic acids is 1. The quantitative estimate of drug-likeness (QED) is 0.561. The Bertz CT molecular complexity index is 696. The fourth-order valence-electron chi connectivity index (χ4n) is 2.09. The van der Waals surface area contributed by atoms with Crippen molar-refractivity contribution in [2.75, 3.05) is 13.2 Å². The smallest absolute Gasteiger partial charge is 0.277 e. The molecule has 0 aromatic heterocycles. The van der Waals surface area contributed by atoms with E-state index in [9.17, 15) is 4.79 Å². The Kier molecular flexibility index (Phi) is 7.50. The van der Waals surface area contributed by atoms with Crippen molar-refractivity contribution in [2.24, 2.45) is 5.10 Å². The van der Waals surface area contributed by atoms with Gasteiger partial charge < -0.3 is 9.47 Å². The van der Waals surface area contributed by atoms with Crippen LogP contribution in [0.2, 0.25) is 0 Å². The second-order valence-corrected chi connectivity index (χ2v) is 5.50. The lowest BCUT2D eigenvalue weighted by atomic mass is 10.2. The molecular weight excluding hydrogens is 316 g/mol. The molecule has 0 saturated carbocycles. The van der Waals surface area contributed by atoms with Crippen LogP contribution in [0.3, 0.4) is 0 Å². The molecule has 1 amide bonds. The normalized spacial score (nSPS) is 10.6. The van der Waals surface area contributed by atoms with Gasteiger partial charge in [-0.15, -0.1) is 0 Å². The van der Waals surface area contributed by atoms with Crippen molar-refractivity contribution in [1.82, 2.24) is 5.43 Å². The molecule has 0 aliphatic carbocycles. The summed E-state index contributed by atoms with van der Waals surface area (Å²) in [6.07, 6.45) is 3.48. The van der Waals surface area contributed by atoms with Crippen molar-refractivity contribution < 1.29 is 14.3 Å². The van der Waals surface area contributed by atoms with E-state index in [0.717, 1.165) is 24.2 Å². The molecule has 0 spiro atoms. The first-order chi connectivity index (χ1) is 12.2. The van der Waals surface area contributed by atoms with E-state index < -0.39 is 0 Å². The number of ether oxygens (including phenoxy) is 2. The Morgan fingerprint density at radius 1 is 1.08 bits per heavy atom. The zero-order valence-corrected chi connectivity index (χ0v) is 14.7. The van der Waals surface area contributed by atoms with Gasteiger partial charge in [0.2, 0.25) is 0 Å².